The summed E-state index contributed by atoms with van der Waals surface area (Å²) in [6.07, 6.45) is -6.15. The Hall–Kier alpha value is -4.10. The lowest BCUT2D eigenvalue weighted by atomic mass is 9.83. The van der Waals surface area contributed by atoms with Crippen LogP contribution >= 0.6 is 44.0 Å². The largest absolute Gasteiger partial charge is 0.453 e. The molecule has 5 aromatic carbocycles. The smallest absolute Gasteiger partial charge is 0.338 e. The molecule has 4 aliphatic heterocycles. The second kappa shape index (κ2) is 34.0. The number of nitrogens with one attached hydrogen (secondary N) is 1. The number of benzene rings is 5. The Labute approximate surface area is 537 Å². The third kappa shape index (κ3) is 19.2. The summed E-state index contributed by atoms with van der Waals surface area (Å²) in [7, 11) is 2.55. The molecule has 0 amide bonds. The highest BCUT2D eigenvalue weighted by Gasteiger charge is 2.52. The normalized spacial score (nSPS) is 32.5. The Balaban J connectivity index is 0.000000229. The first-order chi connectivity index (χ1) is 42.3. The molecule has 1 N–H and O–H groups in total. The number of carbonyl (C=O) groups excluding carboxylic acids is 1. The van der Waals surface area contributed by atoms with Crippen LogP contribution in [0.15, 0.2) is 152 Å². The SMILES string of the molecule is CC1C(OC(=N)C(Cl)(Cl)Cl)OC(COCc2ccccc2)[C@@H](O[C@H]2OC(C)[C@H](C)[C@H](C)C2OCc2ccccc2)[C@@H]1C.CC1O[C@H](O[C@@H]2C(COCc3ccccc3)O[C@@H](OCP)C(OC(=O)c3ccccc3)[C@H]2C)C(OCc2ccccc2)[C@@H](C)[C@H]1C. The predicted octanol–water partition coefficient (Wildman–Crippen LogP) is 14.2. The van der Waals surface area contributed by atoms with Crippen molar-refractivity contribution in [3.63, 3.8) is 0 Å². The van der Waals surface area contributed by atoms with Crippen LogP contribution in [0.25, 0.3) is 0 Å². The molecule has 0 aliphatic carbocycles. The fourth-order valence-electron chi connectivity index (χ4n) is 11.6. The first-order valence-electron chi connectivity index (χ1n) is 30.7. The van der Waals surface area contributed by atoms with E-state index in [0.29, 0.717) is 38.3 Å². The van der Waals surface area contributed by atoms with E-state index in [4.69, 9.17) is 102 Å². The number of alkyl halides is 3. The van der Waals surface area contributed by atoms with Crippen LogP contribution in [0, 0.1) is 46.8 Å². The molecule has 0 bridgehead atoms. The third-order valence-electron chi connectivity index (χ3n) is 17.8. The highest BCUT2D eigenvalue weighted by atomic mass is 35.6. The molecule has 480 valence electrons. The molecule has 0 aromatic heterocycles. The molecule has 0 spiro atoms. The van der Waals surface area contributed by atoms with Crippen LogP contribution in [-0.2, 0) is 88.0 Å². The number of hydrogen-bond acceptors (Lipinski definition) is 15. The van der Waals surface area contributed by atoms with E-state index in [2.05, 4.69) is 57.7 Å². The average molecular weight is 1290 g/mol. The van der Waals surface area contributed by atoms with Crippen LogP contribution in [0.3, 0.4) is 0 Å². The maximum atomic E-state index is 13.3. The Bertz CT molecular complexity index is 2840. The zero-order chi connectivity index (χ0) is 62.9. The first kappa shape index (κ1) is 69.8. The molecule has 0 radical (unpaired) electrons. The summed E-state index contributed by atoms with van der Waals surface area (Å²) in [5.74, 6) is -0.693. The molecule has 19 heteroatoms. The summed E-state index contributed by atoms with van der Waals surface area (Å²) in [4.78, 5) is 13.3. The van der Waals surface area contributed by atoms with Crippen molar-refractivity contribution in [2.24, 2.45) is 41.4 Å². The van der Waals surface area contributed by atoms with Crippen LogP contribution in [0.4, 0.5) is 0 Å². The standard InChI is InChI=1S/C37H47O8P.C32H42Cl3NO6/c1-24-25(2)33(40-21-29-16-10-6-11-17-29)37(42-27(24)4)45-32-26(3)34(44-35(38)30-18-12-7-13-19-30)36(41-23-46)43-31(32)22-39-20-28-14-8-5-9-15-28;1-19-20(2)28(38-17-25-14-10-7-11-15-25)30(39-23(19)5)41-27-21(3)22(4)29(42-31(36)32(33,34)35)40-26(27)18-37-16-24-12-8-6-9-13-24/h5-19,24-27,31-34,36-37H,20-23,46H2,1-4H3;6-15,19-23,26-30,36H,16-18H2,1-5H3/t24-,25+,26+,27?,31?,32+,33?,34?,36-,37-;19-,20+,21-,22?,23?,26?,27+,28?,29?,30-/m11/s1. The zero-order valence-corrected chi connectivity index (χ0v) is 55.3. The predicted molar refractivity (Wildman–Crippen MR) is 343 cm³/mol. The lowest BCUT2D eigenvalue weighted by Crippen LogP contribution is -2.60. The van der Waals surface area contributed by atoms with Crippen molar-refractivity contribution in [3.8, 4) is 0 Å². The van der Waals surface area contributed by atoms with Crippen molar-refractivity contribution in [1.29, 1.82) is 5.41 Å². The summed E-state index contributed by atoms with van der Waals surface area (Å²) >= 11 is 17.7. The molecule has 4 aliphatic rings. The van der Waals surface area contributed by atoms with E-state index in [1.807, 2.05) is 141 Å². The van der Waals surface area contributed by atoms with Crippen molar-refractivity contribution < 1.29 is 66.4 Å². The quantitative estimate of drug-likeness (QED) is 0.0216. The maximum absolute atomic E-state index is 13.3. The Morgan fingerprint density at radius 3 is 1.22 bits per heavy atom. The summed E-state index contributed by atoms with van der Waals surface area (Å²) in [6, 6.07) is 49.0. The van der Waals surface area contributed by atoms with Gasteiger partial charge in [0.2, 0.25) is 12.2 Å². The molecule has 5 aromatic rings. The Morgan fingerprint density at radius 1 is 0.432 bits per heavy atom. The first-order valence-corrected chi connectivity index (χ1v) is 32.6. The topological polar surface area (TPSA) is 161 Å². The van der Waals surface area contributed by atoms with E-state index in [1.165, 1.54) is 0 Å². The second-order valence-corrected chi connectivity index (χ2v) is 26.4. The highest BCUT2D eigenvalue weighted by Crippen LogP contribution is 2.42. The number of rotatable bonds is 23. The molecule has 4 saturated heterocycles. The van der Waals surface area contributed by atoms with Gasteiger partial charge in [0.05, 0.1) is 76.0 Å². The fraction of sp³-hybridized carbons (Fsp3) is 0.536. The van der Waals surface area contributed by atoms with E-state index in [0.717, 1.165) is 22.3 Å². The summed E-state index contributed by atoms with van der Waals surface area (Å²) in [6.45, 7) is 21.1. The van der Waals surface area contributed by atoms with Gasteiger partial charge in [-0.2, -0.15) is 0 Å². The second-order valence-electron chi connectivity index (χ2n) is 23.8. The van der Waals surface area contributed by atoms with Gasteiger partial charge in [-0.1, -0.05) is 223 Å². The van der Waals surface area contributed by atoms with Gasteiger partial charge in [0.25, 0.3) is 3.79 Å². The molecule has 10 unspecified atom stereocenters. The van der Waals surface area contributed by atoms with Gasteiger partial charge >= 0.3 is 5.97 Å². The Morgan fingerprint density at radius 2 is 0.807 bits per heavy atom. The van der Waals surface area contributed by atoms with Crippen LogP contribution < -0.4 is 0 Å². The molecule has 4 heterocycles. The minimum atomic E-state index is -2.00. The van der Waals surface area contributed by atoms with Crippen molar-refractivity contribution in [2.45, 2.75) is 173 Å². The van der Waals surface area contributed by atoms with E-state index >= 15 is 0 Å². The van der Waals surface area contributed by atoms with Crippen LogP contribution in [-0.4, -0.2) is 115 Å². The molecule has 15 nitrogen and oxygen atoms in total. The summed E-state index contributed by atoms with van der Waals surface area (Å²) in [5, 5.41) is 8.11. The van der Waals surface area contributed by atoms with Gasteiger partial charge in [0.1, 0.15) is 24.4 Å². The summed E-state index contributed by atoms with van der Waals surface area (Å²) < 4.78 is 80.7. The van der Waals surface area contributed by atoms with Crippen LogP contribution in [0.2, 0.25) is 0 Å². The fourth-order valence-corrected chi connectivity index (χ4v) is 11.9. The lowest BCUT2D eigenvalue weighted by Gasteiger charge is -2.49. The zero-order valence-electron chi connectivity index (χ0n) is 51.9. The number of esters is 1. The van der Waals surface area contributed by atoms with E-state index in [1.54, 1.807) is 24.3 Å². The van der Waals surface area contributed by atoms with Crippen LogP contribution in [0.1, 0.15) is 94.9 Å². The Kier molecular flexibility index (Phi) is 27.0. The monoisotopic (exact) mass is 1290 g/mol. The molecule has 21 atom stereocenters. The van der Waals surface area contributed by atoms with Gasteiger partial charge < -0.3 is 61.6 Å². The lowest BCUT2D eigenvalue weighted by molar-refractivity contribution is -0.343. The number of carbonyl (C=O) groups is 1. The highest BCUT2D eigenvalue weighted by molar-refractivity contribution is 7.16. The van der Waals surface area contributed by atoms with Gasteiger partial charge in [-0.05, 0) is 77.8 Å². The van der Waals surface area contributed by atoms with Gasteiger partial charge in [0.15, 0.2) is 25.0 Å². The number of ether oxygens (including phenoxy) is 13. The summed E-state index contributed by atoms with van der Waals surface area (Å²) in [5.41, 5.74) is 4.71. The average Bonchev–Trinajstić information content (AvgIpc) is 1.19. The van der Waals surface area contributed by atoms with Crippen LogP contribution in [0.5, 0.6) is 0 Å². The maximum Gasteiger partial charge on any atom is 0.338 e. The van der Waals surface area contributed by atoms with Gasteiger partial charge in [0, 0.05) is 11.8 Å². The van der Waals surface area contributed by atoms with Crippen molar-refractivity contribution in [2.75, 3.05) is 19.6 Å². The molecule has 9 rings (SSSR count). The molecule has 4 fully saturated rings. The van der Waals surface area contributed by atoms with E-state index in [-0.39, 0.29) is 79.1 Å². The van der Waals surface area contributed by atoms with Gasteiger partial charge in [-0.3, -0.25) is 5.41 Å². The molecular formula is C69H89Cl3NO14P. The van der Waals surface area contributed by atoms with Gasteiger partial charge in [-0.15, -0.1) is 9.24 Å². The van der Waals surface area contributed by atoms with Gasteiger partial charge in [-0.25, -0.2) is 4.79 Å². The number of halogens is 3. The number of hydrogen-bond donors (Lipinski definition) is 1. The van der Waals surface area contributed by atoms with Crippen molar-refractivity contribution >= 4 is 55.9 Å². The van der Waals surface area contributed by atoms with E-state index in [9.17, 15) is 4.79 Å². The minimum absolute atomic E-state index is 0.0209. The molecule has 88 heavy (non-hydrogen) atoms. The minimum Gasteiger partial charge on any atom is -0.453 e. The van der Waals surface area contributed by atoms with E-state index < -0.39 is 71.3 Å². The molecular weight excluding hydrogens is 1200 g/mol. The van der Waals surface area contributed by atoms with Crippen molar-refractivity contribution in [1.82, 2.24) is 0 Å². The third-order valence-corrected chi connectivity index (χ3v) is 18.5. The molecule has 0 saturated carbocycles. The van der Waals surface area contributed by atoms with Crippen molar-refractivity contribution in [3.05, 3.63) is 179 Å².